The standard InChI is InChI=1S/C16H15NO4/c1-2-13-17(19-14-9-5-3-6-10-14)16(18)21-20-15-11-7-4-8-12-15/h2-12H,1,13H2. The summed E-state index contributed by atoms with van der Waals surface area (Å²) in [6.45, 7) is 3.73. The number of para-hydroxylation sites is 2. The minimum Gasteiger partial charge on any atom is -0.374 e. The summed E-state index contributed by atoms with van der Waals surface area (Å²) in [6, 6.07) is 17.6. The summed E-state index contributed by atoms with van der Waals surface area (Å²) in [4.78, 5) is 27.0. The summed E-state index contributed by atoms with van der Waals surface area (Å²) >= 11 is 0. The fraction of sp³-hybridized carbons (Fsp3) is 0.0625. The number of hydrogen-bond donors (Lipinski definition) is 0. The molecule has 1 amide bonds. The Morgan fingerprint density at radius 3 is 2.14 bits per heavy atom. The topological polar surface area (TPSA) is 48.0 Å². The summed E-state index contributed by atoms with van der Waals surface area (Å²) in [7, 11) is 0. The first kappa shape index (κ1) is 14.5. The van der Waals surface area contributed by atoms with Crippen molar-refractivity contribution in [3.63, 3.8) is 0 Å². The van der Waals surface area contributed by atoms with Crippen LogP contribution in [0, 0.1) is 0 Å². The van der Waals surface area contributed by atoms with Gasteiger partial charge in [-0.25, -0.2) is 9.68 Å². The van der Waals surface area contributed by atoms with Gasteiger partial charge in [0, 0.05) is 0 Å². The third-order valence-corrected chi connectivity index (χ3v) is 2.41. The molecule has 5 heteroatoms. The van der Waals surface area contributed by atoms with Crippen molar-refractivity contribution in [2.45, 2.75) is 0 Å². The Morgan fingerprint density at radius 1 is 1.00 bits per heavy atom. The van der Waals surface area contributed by atoms with Crippen LogP contribution in [-0.4, -0.2) is 17.7 Å². The summed E-state index contributed by atoms with van der Waals surface area (Å²) < 4.78 is 0. The van der Waals surface area contributed by atoms with E-state index < -0.39 is 6.09 Å². The molecule has 0 saturated heterocycles. The van der Waals surface area contributed by atoms with Gasteiger partial charge in [0.2, 0.25) is 0 Å². The van der Waals surface area contributed by atoms with Gasteiger partial charge in [0.15, 0.2) is 11.5 Å². The minimum absolute atomic E-state index is 0.159. The van der Waals surface area contributed by atoms with Crippen molar-refractivity contribution in [1.82, 2.24) is 5.06 Å². The van der Waals surface area contributed by atoms with Crippen LogP contribution in [0.4, 0.5) is 4.79 Å². The predicted molar refractivity (Wildman–Crippen MR) is 77.5 cm³/mol. The minimum atomic E-state index is -0.775. The van der Waals surface area contributed by atoms with Crippen LogP contribution in [0.2, 0.25) is 0 Å². The van der Waals surface area contributed by atoms with Crippen molar-refractivity contribution < 1.29 is 19.4 Å². The average molecular weight is 285 g/mol. The normalized spacial score (nSPS) is 9.52. The van der Waals surface area contributed by atoms with E-state index >= 15 is 0 Å². The number of carbonyl (C=O) groups is 1. The molecular weight excluding hydrogens is 270 g/mol. The van der Waals surface area contributed by atoms with Gasteiger partial charge in [0.25, 0.3) is 0 Å². The Labute approximate surface area is 122 Å². The molecule has 0 fully saturated rings. The summed E-state index contributed by atoms with van der Waals surface area (Å²) in [5, 5.41) is 1.01. The molecule has 5 nitrogen and oxygen atoms in total. The Bertz CT molecular complexity index is 571. The number of rotatable bonds is 6. The van der Waals surface area contributed by atoms with Crippen molar-refractivity contribution in [2.75, 3.05) is 6.54 Å². The van der Waals surface area contributed by atoms with E-state index in [-0.39, 0.29) is 6.54 Å². The van der Waals surface area contributed by atoms with Crippen LogP contribution in [0.1, 0.15) is 0 Å². The molecule has 0 N–H and O–H groups in total. The SMILES string of the molecule is C=CCN(Oc1ccccc1)C(=O)OOc1ccccc1. The van der Waals surface area contributed by atoms with Gasteiger partial charge in [-0.05, 0) is 24.3 Å². The molecule has 0 heterocycles. The first-order valence-corrected chi connectivity index (χ1v) is 6.34. The zero-order valence-electron chi connectivity index (χ0n) is 11.3. The molecule has 0 spiro atoms. The third-order valence-electron chi connectivity index (χ3n) is 2.41. The van der Waals surface area contributed by atoms with Crippen LogP contribution in [0.5, 0.6) is 11.5 Å². The molecule has 2 aromatic carbocycles. The van der Waals surface area contributed by atoms with Crippen molar-refractivity contribution in [3.05, 3.63) is 73.3 Å². The molecule has 2 aromatic rings. The largest absolute Gasteiger partial charge is 0.485 e. The second-order valence-corrected chi connectivity index (χ2v) is 4.00. The van der Waals surface area contributed by atoms with Gasteiger partial charge in [-0.1, -0.05) is 42.5 Å². The van der Waals surface area contributed by atoms with E-state index in [9.17, 15) is 4.79 Å². The van der Waals surface area contributed by atoms with Crippen molar-refractivity contribution in [2.24, 2.45) is 0 Å². The van der Waals surface area contributed by atoms with Gasteiger partial charge in [-0.15, -0.1) is 11.6 Å². The van der Waals surface area contributed by atoms with Crippen LogP contribution >= 0.6 is 0 Å². The number of nitrogens with zero attached hydrogens (tertiary/aromatic N) is 1. The number of carbonyl (C=O) groups excluding carboxylic acids is 1. The number of hydroxylamine groups is 2. The summed E-state index contributed by atoms with van der Waals surface area (Å²) in [5.74, 6) is 0.931. The fourth-order valence-corrected chi connectivity index (χ4v) is 1.48. The monoisotopic (exact) mass is 285 g/mol. The van der Waals surface area contributed by atoms with Crippen molar-refractivity contribution in [1.29, 1.82) is 0 Å². The fourth-order valence-electron chi connectivity index (χ4n) is 1.48. The zero-order chi connectivity index (χ0) is 14.9. The molecule has 108 valence electrons. The second kappa shape index (κ2) is 7.59. The van der Waals surface area contributed by atoms with E-state index in [0.29, 0.717) is 11.5 Å². The second-order valence-electron chi connectivity index (χ2n) is 4.00. The first-order valence-electron chi connectivity index (χ1n) is 6.34. The lowest BCUT2D eigenvalue weighted by atomic mass is 10.3. The molecule has 2 rings (SSSR count). The van der Waals surface area contributed by atoms with Gasteiger partial charge in [0.1, 0.15) is 0 Å². The highest BCUT2D eigenvalue weighted by Gasteiger charge is 2.18. The summed E-state index contributed by atoms with van der Waals surface area (Å²) in [6.07, 6.45) is 0.745. The number of benzene rings is 2. The quantitative estimate of drug-likeness (QED) is 0.462. The average Bonchev–Trinajstić information content (AvgIpc) is 2.54. The first-order chi connectivity index (χ1) is 10.3. The summed E-state index contributed by atoms with van der Waals surface area (Å²) in [5.41, 5.74) is 0. The van der Waals surface area contributed by atoms with Crippen molar-refractivity contribution in [3.8, 4) is 11.5 Å². The molecule has 0 atom stereocenters. The number of hydrogen-bond acceptors (Lipinski definition) is 4. The highest BCUT2D eigenvalue weighted by atomic mass is 17.2. The Hall–Kier alpha value is -2.95. The van der Waals surface area contributed by atoms with E-state index in [4.69, 9.17) is 14.6 Å². The van der Waals surface area contributed by atoms with E-state index in [2.05, 4.69) is 6.58 Å². The van der Waals surface area contributed by atoms with Crippen LogP contribution in [0.15, 0.2) is 73.3 Å². The van der Waals surface area contributed by atoms with E-state index in [1.54, 1.807) is 48.5 Å². The lowest BCUT2D eigenvalue weighted by molar-refractivity contribution is -0.178. The highest BCUT2D eigenvalue weighted by molar-refractivity contribution is 5.66. The van der Waals surface area contributed by atoms with Crippen LogP contribution in [0.3, 0.4) is 0 Å². The van der Waals surface area contributed by atoms with Crippen LogP contribution in [-0.2, 0) is 4.89 Å². The van der Waals surface area contributed by atoms with E-state index in [1.165, 1.54) is 6.08 Å². The Morgan fingerprint density at radius 2 is 1.57 bits per heavy atom. The van der Waals surface area contributed by atoms with E-state index in [0.717, 1.165) is 5.06 Å². The predicted octanol–water partition coefficient (Wildman–Crippen LogP) is 3.60. The Kier molecular flexibility index (Phi) is 5.23. The maximum Gasteiger partial charge on any atom is 0.485 e. The van der Waals surface area contributed by atoms with Gasteiger partial charge in [0.05, 0.1) is 6.54 Å². The van der Waals surface area contributed by atoms with Gasteiger partial charge >= 0.3 is 6.09 Å². The maximum atomic E-state index is 11.9. The molecule has 0 unspecified atom stereocenters. The zero-order valence-corrected chi connectivity index (χ0v) is 11.3. The lowest BCUT2D eigenvalue weighted by Crippen LogP contribution is -2.35. The molecule has 0 aliphatic carbocycles. The maximum absolute atomic E-state index is 11.9. The van der Waals surface area contributed by atoms with Crippen molar-refractivity contribution >= 4 is 6.09 Å². The molecule has 0 bridgehead atoms. The molecule has 21 heavy (non-hydrogen) atoms. The molecular formula is C16H15NO4. The van der Waals surface area contributed by atoms with Crippen LogP contribution in [0.25, 0.3) is 0 Å². The number of amides is 1. The molecule has 0 aromatic heterocycles. The molecule has 0 aliphatic heterocycles. The van der Waals surface area contributed by atoms with Gasteiger partial charge in [-0.2, -0.15) is 0 Å². The molecule has 0 radical (unpaired) electrons. The third kappa shape index (κ3) is 4.58. The Balaban J connectivity index is 1.94. The van der Waals surface area contributed by atoms with E-state index in [1.807, 2.05) is 12.1 Å². The van der Waals surface area contributed by atoms with Gasteiger partial charge in [-0.3, -0.25) is 4.89 Å². The molecule has 0 aliphatic rings. The van der Waals surface area contributed by atoms with Gasteiger partial charge < -0.3 is 4.84 Å². The smallest absolute Gasteiger partial charge is 0.374 e. The van der Waals surface area contributed by atoms with Crippen LogP contribution < -0.4 is 9.73 Å². The molecule has 0 saturated carbocycles. The highest BCUT2D eigenvalue weighted by Crippen LogP contribution is 2.13. The lowest BCUT2D eigenvalue weighted by Gasteiger charge is -2.19.